The first-order valence-corrected chi connectivity index (χ1v) is 10.3. The van der Waals surface area contributed by atoms with Crippen LogP contribution in [0.3, 0.4) is 0 Å². The summed E-state index contributed by atoms with van der Waals surface area (Å²) in [5.74, 6) is 0.898. The lowest BCUT2D eigenvalue weighted by molar-refractivity contribution is -0.165. The van der Waals surface area contributed by atoms with E-state index in [4.69, 9.17) is 18.9 Å². The molecule has 0 amide bonds. The van der Waals surface area contributed by atoms with Gasteiger partial charge < -0.3 is 18.9 Å². The molecule has 7 heteroatoms. The maximum Gasteiger partial charge on any atom is 0.349 e. The van der Waals surface area contributed by atoms with Crippen molar-refractivity contribution in [1.29, 1.82) is 5.26 Å². The summed E-state index contributed by atoms with van der Waals surface area (Å²) in [6, 6.07) is 6.87. The van der Waals surface area contributed by atoms with Crippen molar-refractivity contribution >= 4 is 18.0 Å². The minimum Gasteiger partial charge on any atom is -0.460 e. The molecule has 160 valence electrons. The van der Waals surface area contributed by atoms with E-state index in [1.165, 1.54) is 6.08 Å². The Kier molecular flexibility index (Phi) is 6.99. The quantitative estimate of drug-likeness (QED) is 0.397. The fourth-order valence-electron chi connectivity index (χ4n) is 3.96. The predicted octanol–water partition coefficient (Wildman–Crippen LogP) is 3.87. The minimum absolute atomic E-state index is 0.134. The van der Waals surface area contributed by atoms with Crippen molar-refractivity contribution < 1.29 is 28.5 Å². The van der Waals surface area contributed by atoms with Gasteiger partial charge in [-0.1, -0.05) is 33.3 Å². The first-order valence-electron chi connectivity index (χ1n) is 10.3. The lowest BCUT2D eigenvalue weighted by Crippen LogP contribution is -2.36. The van der Waals surface area contributed by atoms with Gasteiger partial charge in [0.1, 0.15) is 17.7 Å². The summed E-state index contributed by atoms with van der Waals surface area (Å²) in [4.78, 5) is 24.5. The zero-order chi connectivity index (χ0) is 21.7. The molecule has 1 heterocycles. The van der Waals surface area contributed by atoms with E-state index in [0.29, 0.717) is 34.8 Å². The summed E-state index contributed by atoms with van der Waals surface area (Å²) in [5.41, 5.74) is 0.374. The molecule has 3 rings (SSSR count). The number of carbonyl (C=O) groups is 2. The van der Waals surface area contributed by atoms with Gasteiger partial charge in [0.05, 0.1) is 0 Å². The van der Waals surface area contributed by atoms with Crippen molar-refractivity contribution in [3.63, 3.8) is 0 Å². The molecule has 1 aromatic rings. The summed E-state index contributed by atoms with van der Waals surface area (Å²) in [5, 5.41) is 9.31. The lowest BCUT2D eigenvalue weighted by atomic mass is 9.75. The molecule has 0 saturated heterocycles. The summed E-state index contributed by atoms with van der Waals surface area (Å²) in [7, 11) is 0. The second-order valence-corrected chi connectivity index (χ2v) is 8.21. The molecule has 0 unspecified atom stereocenters. The molecule has 1 fully saturated rings. The molecule has 0 N–H and O–H groups in total. The fourth-order valence-corrected chi connectivity index (χ4v) is 3.96. The number of benzene rings is 1. The van der Waals surface area contributed by atoms with Crippen LogP contribution in [0.25, 0.3) is 6.08 Å². The molecule has 7 nitrogen and oxygen atoms in total. The third-order valence-electron chi connectivity index (χ3n) is 5.61. The number of nitriles is 1. The van der Waals surface area contributed by atoms with Crippen molar-refractivity contribution in [1.82, 2.24) is 0 Å². The topological polar surface area (TPSA) is 94.9 Å². The van der Waals surface area contributed by atoms with E-state index >= 15 is 0 Å². The number of fused-ring (bicyclic) bond motifs is 1. The highest BCUT2D eigenvalue weighted by molar-refractivity contribution is 5.98. The number of carbonyl (C=O) groups excluding carboxylic acids is 2. The van der Waals surface area contributed by atoms with Crippen LogP contribution in [0.15, 0.2) is 23.8 Å². The van der Waals surface area contributed by atoms with Crippen LogP contribution in [0.4, 0.5) is 0 Å². The Labute approximate surface area is 176 Å². The Morgan fingerprint density at radius 3 is 2.77 bits per heavy atom. The molecule has 3 atom stereocenters. The first kappa shape index (κ1) is 21.7. The Morgan fingerprint density at radius 1 is 1.27 bits per heavy atom. The van der Waals surface area contributed by atoms with E-state index in [1.807, 2.05) is 6.07 Å². The summed E-state index contributed by atoms with van der Waals surface area (Å²) < 4.78 is 21.2. The second-order valence-electron chi connectivity index (χ2n) is 8.21. The average molecular weight is 413 g/mol. The molecule has 30 heavy (non-hydrogen) atoms. The molecule has 0 bridgehead atoms. The van der Waals surface area contributed by atoms with Gasteiger partial charge >= 0.3 is 11.9 Å². The van der Waals surface area contributed by atoms with E-state index in [1.54, 1.807) is 18.2 Å². The highest BCUT2D eigenvalue weighted by atomic mass is 16.7. The smallest absolute Gasteiger partial charge is 0.349 e. The van der Waals surface area contributed by atoms with Gasteiger partial charge in [0.2, 0.25) is 6.79 Å². The number of esters is 2. The van der Waals surface area contributed by atoms with Crippen LogP contribution in [0.2, 0.25) is 0 Å². The maximum atomic E-state index is 12.3. The van der Waals surface area contributed by atoms with Crippen LogP contribution >= 0.6 is 0 Å². The van der Waals surface area contributed by atoms with Gasteiger partial charge in [-0.05, 0) is 54.4 Å². The van der Waals surface area contributed by atoms with Crippen molar-refractivity contribution in [2.75, 3.05) is 13.4 Å². The average Bonchev–Trinajstić information content (AvgIpc) is 3.18. The number of hydrogen-bond acceptors (Lipinski definition) is 7. The van der Waals surface area contributed by atoms with Gasteiger partial charge in [-0.25, -0.2) is 9.59 Å². The van der Waals surface area contributed by atoms with Crippen LogP contribution in [-0.2, 0) is 19.1 Å². The van der Waals surface area contributed by atoms with Crippen LogP contribution in [-0.4, -0.2) is 31.4 Å². The van der Waals surface area contributed by atoms with Crippen LogP contribution < -0.4 is 9.47 Å². The van der Waals surface area contributed by atoms with E-state index in [0.717, 1.165) is 19.3 Å². The Balaban J connectivity index is 1.57. The molecule has 0 spiro atoms. The molecule has 2 aliphatic rings. The van der Waals surface area contributed by atoms with E-state index < -0.39 is 18.5 Å². The fraction of sp³-hybridized carbons (Fsp3) is 0.522. The second kappa shape index (κ2) is 9.66. The highest BCUT2D eigenvalue weighted by Crippen LogP contribution is 2.35. The lowest BCUT2D eigenvalue weighted by Gasteiger charge is -2.36. The van der Waals surface area contributed by atoms with Gasteiger partial charge in [0, 0.05) is 0 Å². The Morgan fingerprint density at radius 2 is 2.03 bits per heavy atom. The van der Waals surface area contributed by atoms with Gasteiger partial charge in [-0.3, -0.25) is 0 Å². The molecule has 0 aromatic heterocycles. The van der Waals surface area contributed by atoms with Crippen molar-refractivity contribution in [2.45, 2.75) is 46.1 Å². The maximum absolute atomic E-state index is 12.3. The van der Waals surface area contributed by atoms with Crippen molar-refractivity contribution in [3.8, 4) is 17.6 Å². The first-order chi connectivity index (χ1) is 14.4. The molecule has 1 saturated carbocycles. The normalized spacial score (nSPS) is 23.0. The Bertz CT molecular complexity index is 869. The predicted molar refractivity (Wildman–Crippen MR) is 108 cm³/mol. The number of hydrogen-bond donors (Lipinski definition) is 0. The third-order valence-corrected chi connectivity index (χ3v) is 5.61. The molecule has 1 aliphatic heterocycles. The minimum atomic E-state index is -0.871. The Hall–Kier alpha value is -3.01. The van der Waals surface area contributed by atoms with E-state index in [9.17, 15) is 14.9 Å². The van der Waals surface area contributed by atoms with Crippen LogP contribution in [0, 0.1) is 29.1 Å². The third kappa shape index (κ3) is 5.32. The van der Waals surface area contributed by atoms with Crippen LogP contribution in [0.1, 0.15) is 45.6 Å². The summed E-state index contributed by atoms with van der Waals surface area (Å²) >= 11 is 0. The van der Waals surface area contributed by atoms with Gasteiger partial charge in [0.25, 0.3) is 0 Å². The van der Waals surface area contributed by atoms with E-state index in [-0.39, 0.29) is 18.5 Å². The molecule has 0 radical (unpaired) electrons. The zero-order valence-corrected chi connectivity index (χ0v) is 17.6. The van der Waals surface area contributed by atoms with Crippen LogP contribution in [0.5, 0.6) is 11.5 Å². The standard InChI is InChI=1S/C23H27NO6/c1-14(2)18-6-4-15(3)8-20(18)30-22(25)12-27-23(26)17(11-24)9-16-5-7-19-21(10-16)29-13-28-19/h5,7,9-10,14-15,18,20H,4,6,8,12-13H2,1-3H3/b17-9-/t15-,18-,20-/m1/s1. The highest BCUT2D eigenvalue weighted by Gasteiger charge is 2.33. The largest absolute Gasteiger partial charge is 0.460 e. The van der Waals surface area contributed by atoms with E-state index in [2.05, 4.69) is 20.8 Å². The van der Waals surface area contributed by atoms with Gasteiger partial charge in [-0.2, -0.15) is 5.26 Å². The monoisotopic (exact) mass is 413 g/mol. The molecular weight excluding hydrogens is 386 g/mol. The molecule has 1 aromatic carbocycles. The zero-order valence-electron chi connectivity index (χ0n) is 17.6. The SMILES string of the molecule is CC(C)[C@H]1CC[C@@H](C)C[C@H]1OC(=O)COC(=O)/C(C#N)=C\c1ccc2c(c1)OCO2. The van der Waals surface area contributed by atoms with Gasteiger partial charge in [-0.15, -0.1) is 0 Å². The number of ether oxygens (including phenoxy) is 4. The van der Waals surface area contributed by atoms with Crippen molar-refractivity contribution in [3.05, 3.63) is 29.3 Å². The molecule has 1 aliphatic carbocycles. The summed E-state index contributed by atoms with van der Waals surface area (Å²) in [6.07, 6.45) is 4.18. The molecular formula is C23H27NO6. The van der Waals surface area contributed by atoms with Gasteiger partial charge in [0.15, 0.2) is 18.1 Å². The number of nitrogens with zero attached hydrogens (tertiary/aromatic N) is 1. The summed E-state index contributed by atoms with van der Waals surface area (Å²) in [6.45, 7) is 6.02. The van der Waals surface area contributed by atoms with Crippen molar-refractivity contribution in [2.24, 2.45) is 17.8 Å². The number of rotatable bonds is 6.